The van der Waals surface area contributed by atoms with E-state index in [0.717, 1.165) is 44.1 Å². The molecule has 0 radical (unpaired) electrons. The third-order valence-corrected chi connectivity index (χ3v) is 8.89. The number of carbonyl (C=O) groups is 2. The molecule has 1 aromatic rings. The molecule has 206 valence electrons. The van der Waals surface area contributed by atoms with Crippen molar-refractivity contribution in [2.24, 2.45) is 5.73 Å². The fourth-order valence-corrected chi connectivity index (χ4v) is 6.78. The van der Waals surface area contributed by atoms with E-state index in [1.807, 2.05) is 0 Å². The quantitative estimate of drug-likeness (QED) is 0.150. The number of aryl methyl sites for hydroxylation is 1. The lowest BCUT2D eigenvalue weighted by Gasteiger charge is -2.11. The number of anilines is 1. The van der Waals surface area contributed by atoms with Crippen molar-refractivity contribution in [1.82, 2.24) is 0 Å². The van der Waals surface area contributed by atoms with Crippen molar-refractivity contribution in [3.63, 3.8) is 0 Å². The number of nitrogens with two attached hydrogens (primary N) is 1. The molecule has 1 heterocycles. The maximum absolute atomic E-state index is 12.4. The summed E-state index contributed by atoms with van der Waals surface area (Å²) in [7, 11) is 0. The molecule has 4 nitrogen and oxygen atoms in total. The zero-order valence-corrected chi connectivity index (χ0v) is 24.1. The van der Waals surface area contributed by atoms with Gasteiger partial charge >= 0.3 is 0 Å². The molecule has 2 amide bonds. The Labute approximate surface area is 225 Å². The van der Waals surface area contributed by atoms with Crippen LogP contribution in [0.5, 0.6) is 0 Å². The minimum atomic E-state index is -0.409. The van der Waals surface area contributed by atoms with Crippen molar-refractivity contribution in [2.45, 2.75) is 161 Å². The summed E-state index contributed by atoms with van der Waals surface area (Å²) in [5, 5.41) is 3.66. The number of amides is 2. The van der Waals surface area contributed by atoms with Crippen LogP contribution in [0.4, 0.5) is 5.00 Å². The molecule has 1 aliphatic carbocycles. The van der Waals surface area contributed by atoms with Crippen LogP contribution in [-0.2, 0) is 17.6 Å². The molecule has 3 N–H and O–H groups in total. The Kier molecular flexibility index (Phi) is 16.9. The maximum atomic E-state index is 12.4. The third kappa shape index (κ3) is 12.7. The molecule has 0 unspecified atom stereocenters. The highest BCUT2D eigenvalue weighted by molar-refractivity contribution is 7.17. The highest BCUT2D eigenvalue weighted by Crippen LogP contribution is 2.38. The number of hydrogen-bond donors (Lipinski definition) is 2. The van der Waals surface area contributed by atoms with Crippen LogP contribution in [-0.4, -0.2) is 11.8 Å². The molecule has 0 aliphatic heterocycles. The summed E-state index contributed by atoms with van der Waals surface area (Å²) in [6, 6.07) is 0. The lowest BCUT2D eigenvalue weighted by Crippen LogP contribution is -2.18. The Balaban J connectivity index is 1.38. The van der Waals surface area contributed by atoms with Crippen LogP contribution in [0, 0.1) is 0 Å². The van der Waals surface area contributed by atoms with E-state index in [9.17, 15) is 9.59 Å². The second-order valence-electron chi connectivity index (χ2n) is 10.9. The molecule has 36 heavy (non-hydrogen) atoms. The van der Waals surface area contributed by atoms with Gasteiger partial charge in [0, 0.05) is 11.3 Å². The Morgan fingerprint density at radius 3 is 1.61 bits per heavy atom. The molecule has 1 aliphatic rings. The molecule has 0 saturated heterocycles. The van der Waals surface area contributed by atoms with E-state index >= 15 is 0 Å². The molecular weight excluding hydrogens is 464 g/mol. The van der Waals surface area contributed by atoms with E-state index in [0.29, 0.717) is 17.0 Å². The lowest BCUT2D eigenvalue weighted by atomic mass is 9.95. The molecule has 0 spiro atoms. The third-order valence-electron chi connectivity index (χ3n) is 7.68. The fraction of sp³-hybridized carbons (Fsp3) is 0.806. The SMILES string of the molecule is CCCCCCCCCCCCCCCCCCCCCC(=O)Nc1sc2c(c1C(N)=O)CCCC2. The van der Waals surface area contributed by atoms with Crippen LogP contribution in [0.25, 0.3) is 0 Å². The lowest BCUT2D eigenvalue weighted by molar-refractivity contribution is -0.116. The van der Waals surface area contributed by atoms with Gasteiger partial charge in [-0.25, -0.2) is 0 Å². The topological polar surface area (TPSA) is 72.2 Å². The number of hydrogen-bond acceptors (Lipinski definition) is 3. The summed E-state index contributed by atoms with van der Waals surface area (Å²) in [6.45, 7) is 2.29. The van der Waals surface area contributed by atoms with Crippen molar-refractivity contribution < 1.29 is 9.59 Å². The largest absolute Gasteiger partial charge is 0.365 e. The monoisotopic (exact) mass is 518 g/mol. The van der Waals surface area contributed by atoms with Crippen LogP contribution in [0.3, 0.4) is 0 Å². The van der Waals surface area contributed by atoms with E-state index in [-0.39, 0.29) is 5.91 Å². The van der Waals surface area contributed by atoms with Crippen LogP contribution in [0.15, 0.2) is 0 Å². The van der Waals surface area contributed by atoms with Gasteiger partial charge in [0.05, 0.1) is 5.56 Å². The average molecular weight is 519 g/mol. The molecule has 1 aromatic heterocycles. The zero-order chi connectivity index (χ0) is 25.8. The second kappa shape index (κ2) is 19.7. The van der Waals surface area contributed by atoms with Gasteiger partial charge in [0.15, 0.2) is 0 Å². The van der Waals surface area contributed by atoms with Crippen LogP contribution >= 0.6 is 11.3 Å². The summed E-state index contributed by atoms with van der Waals surface area (Å²) in [5.41, 5.74) is 7.27. The first-order chi connectivity index (χ1) is 17.6. The smallest absolute Gasteiger partial charge is 0.251 e. The highest BCUT2D eigenvalue weighted by atomic mass is 32.1. The Bertz CT molecular complexity index is 743. The van der Waals surface area contributed by atoms with E-state index in [1.54, 1.807) is 11.3 Å². The van der Waals surface area contributed by atoms with Gasteiger partial charge in [0.25, 0.3) is 5.91 Å². The summed E-state index contributed by atoms with van der Waals surface area (Å²) < 4.78 is 0. The highest BCUT2D eigenvalue weighted by Gasteiger charge is 2.24. The van der Waals surface area contributed by atoms with Gasteiger partial charge in [-0.2, -0.15) is 0 Å². The molecule has 0 saturated carbocycles. The van der Waals surface area contributed by atoms with Gasteiger partial charge in [0.1, 0.15) is 5.00 Å². The predicted molar refractivity (Wildman–Crippen MR) is 156 cm³/mol. The molecular formula is C31H54N2O2S. The second-order valence-corrected chi connectivity index (χ2v) is 12.0. The van der Waals surface area contributed by atoms with Crippen LogP contribution in [0.1, 0.15) is 169 Å². The van der Waals surface area contributed by atoms with Gasteiger partial charge in [-0.1, -0.05) is 122 Å². The van der Waals surface area contributed by atoms with Crippen molar-refractivity contribution >= 4 is 28.2 Å². The van der Waals surface area contributed by atoms with Gasteiger partial charge in [0.2, 0.25) is 5.91 Å². The number of nitrogens with one attached hydrogen (secondary N) is 1. The van der Waals surface area contributed by atoms with Crippen molar-refractivity contribution in [1.29, 1.82) is 0 Å². The fourth-order valence-electron chi connectivity index (χ4n) is 5.47. The summed E-state index contributed by atoms with van der Waals surface area (Å²) in [4.78, 5) is 25.6. The van der Waals surface area contributed by atoms with E-state index in [1.165, 1.54) is 114 Å². The van der Waals surface area contributed by atoms with Crippen LogP contribution < -0.4 is 11.1 Å². The van der Waals surface area contributed by atoms with E-state index < -0.39 is 5.91 Å². The van der Waals surface area contributed by atoms with Gasteiger partial charge in [-0.05, 0) is 37.7 Å². The first-order valence-corrected chi connectivity index (χ1v) is 16.2. The minimum absolute atomic E-state index is 0.0167. The van der Waals surface area contributed by atoms with Gasteiger partial charge < -0.3 is 11.1 Å². The van der Waals surface area contributed by atoms with E-state index in [4.69, 9.17) is 5.73 Å². The predicted octanol–water partition coefficient (Wildman–Crippen LogP) is 9.49. The van der Waals surface area contributed by atoms with Crippen molar-refractivity contribution in [3.8, 4) is 0 Å². The molecule has 0 atom stereocenters. The van der Waals surface area contributed by atoms with Gasteiger partial charge in [-0.3, -0.25) is 9.59 Å². The first-order valence-electron chi connectivity index (χ1n) is 15.4. The molecule has 0 fully saturated rings. The molecule has 2 rings (SSSR count). The molecule has 5 heteroatoms. The number of unbranched alkanes of at least 4 members (excludes halogenated alkanes) is 18. The first kappa shape index (κ1) is 30.9. The van der Waals surface area contributed by atoms with E-state index in [2.05, 4.69) is 12.2 Å². The number of rotatable bonds is 22. The Morgan fingerprint density at radius 2 is 1.14 bits per heavy atom. The van der Waals surface area contributed by atoms with Gasteiger partial charge in [-0.15, -0.1) is 11.3 Å². The number of fused-ring (bicyclic) bond motifs is 1. The van der Waals surface area contributed by atoms with Crippen molar-refractivity contribution in [3.05, 3.63) is 16.0 Å². The van der Waals surface area contributed by atoms with Crippen molar-refractivity contribution in [2.75, 3.05) is 5.32 Å². The van der Waals surface area contributed by atoms with Crippen LogP contribution in [0.2, 0.25) is 0 Å². The maximum Gasteiger partial charge on any atom is 0.251 e. The molecule has 0 aromatic carbocycles. The number of thiophene rings is 1. The average Bonchev–Trinajstić information content (AvgIpc) is 3.23. The standard InChI is InChI=1S/C31H54N2O2S/c1-2-3-4-5-6-7-8-9-10-11-12-13-14-15-16-17-18-19-20-25-28(34)33-31-29(30(32)35)26-23-21-22-24-27(26)36-31/h2-25H2,1H3,(H2,32,35)(H,33,34). The normalized spacial score (nSPS) is 13.0. The Morgan fingerprint density at radius 1 is 0.694 bits per heavy atom. The number of carbonyl (C=O) groups excluding carboxylic acids is 2. The Hall–Kier alpha value is -1.36. The summed E-state index contributed by atoms with van der Waals surface area (Å²) >= 11 is 1.55. The molecule has 0 bridgehead atoms. The minimum Gasteiger partial charge on any atom is -0.365 e. The summed E-state index contributed by atoms with van der Waals surface area (Å²) in [6.07, 6.45) is 30.3. The summed E-state index contributed by atoms with van der Waals surface area (Å²) in [5.74, 6) is -0.392. The number of primary amides is 1. The zero-order valence-electron chi connectivity index (χ0n) is 23.3.